The average molecular weight is 368 g/mol. The van der Waals surface area contributed by atoms with E-state index in [1.54, 1.807) is 24.3 Å². The SMILES string of the molecule is CC(=O)ON=C(COCS(C)(C)O[Cl+3]([O-])([O-])[O-])c1ccccc1. The Hall–Kier alpha value is -1.20. The standard InChI is InChI=1S/C13H18ClNO7S/c1-11(16)21-15-13(12-7-5-4-6-8-12)9-20-10-23(2,3)22-14(17,18)19/h4-8H,9-10H2,1-3H3. The van der Waals surface area contributed by atoms with Crippen LogP contribution in [-0.2, 0) is 18.1 Å². The quantitative estimate of drug-likeness (QED) is 0.321. The maximum absolute atomic E-state index is 10.9. The van der Waals surface area contributed by atoms with E-state index in [4.69, 9.17) is 4.74 Å². The number of oxime groups is 1. The Balaban J connectivity index is 2.69. The number of hydrogen-bond acceptors (Lipinski definition) is 8. The number of carbonyl (C=O) groups excluding carboxylic acids is 1. The lowest BCUT2D eigenvalue weighted by Crippen LogP contribution is -2.61. The van der Waals surface area contributed by atoms with Crippen molar-refractivity contribution in [2.45, 2.75) is 6.92 Å². The smallest absolute Gasteiger partial charge is 0.331 e. The lowest BCUT2D eigenvalue weighted by molar-refractivity contribution is -1.91. The van der Waals surface area contributed by atoms with Crippen molar-refractivity contribution < 1.29 is 42.3 Å². The second-order valence-electron chi connectivity index (χ2n) is 4.83. The molecule has 0 atom stereocenters. The van der Waals surface area contributed by atoms with Gasteiger partial charge in [-0.05, 0) is 0 Å². The highest BCUT2D eigenvalue weighted by molar-refractivity contribution is 8.28. The molecule has 1 aromatic carbocycles. The molecule has 0 amide bonds. The molecule has 130 valence electrons. The molecule has 0 N–H and O–H groups in total. The predicted molar refractivity (Wildman–Crippen MR) is 76.1 cm³/mol. The van der Waals surface area contributed by atoms with E-state index < -0.39 is 26.5 Å². The molecule has 0 spiro atoms. The van der Waals surface area contributed by atoms with E-state index in [1.165, 1.54) is 19.4 Å². The Morgan fingerprint density at radius 2 is 1.83 bits per heavy atom. The minimum absolute atomic E-state index is 0.0487. The van der Waals surface area contributed by atoms with Crippen LogP contribution in [0.15, 0.2) is 35.5 Å². The van der Waals surface area contributed by atoms with Gasteiger partial charge in [0.25, 0.3) is 0 Å². The second kappa shape index (κ2) is 8.60. The van der Waals surface area contributed by atoms with Gasteiger partial charge in [0.15, 0.2) is 0 Å². The molecule has 0 aliphatic rings. The molecule has 0 saturated carbocycles. The summed E-state index contributed by atoms with van der Waals surface area (Å²) in [6, 6.07) is 8.87. The molecule has 0 heterocycles. The van der Waals surface area contributed by atoms with Crippen molar-refractivity contribution >= 4 is 22.0 Å². The van der Waals surface area contributed by atoms with E-state index in [0.29, 0.717) is 11.3 Å². The van der Waals surface area contributed by atoms with Gasteiger partial charge in [0.2, 0.25) is 0 Å². The van der Waals surface area contributed by atoms with Crippen LogP contribution in [0.4, 0.5) is 0 Å². The van der Waals surface area contributed by atoms with E-state index >= 15 is 0 Å². The van der Waals surface area contributed by atoms with Crippen molar-refractivity contribution in [1.29, 1.82) is 0 Å². The molecule has 0 radical (unpaired) electrons. The van der Waals surface area contributed by atoms with Crippen LogP contribution in [-0.4, -0.2) is 36.7 Å². The van der Waals surface area contributed by atoms with Crippen LogP contribution in [0.1, 0.15) is 12.5 Å². The number of hydrogen-bond donors (Lipinski definition) is 0. The van der Waals surface area contributed by atoms with Gasteiger partial charge in [-0.3, -0.25) is 0 Å². The summed E-state index contributed by atoms with van der Waals surface area (Å²) in [4.78, 5) is 15.5. The fourth-order valence-electron chi connectivity index (χ4n) is 1.48. The van der Waals surface area contributed by atoms with E-state index in [1.807, 2.05) is 6.07 Å². The van der Waals surface area contributed by atoms with Crippen molar-refractivity contribution in [3.63, 3.8) is 0 Å². The molecule has 8 nitrogen and oxygen atoms in total. The van der Waals surface area contributed by atoms with Gasteiger partial charge in [0, 0.05) is 35.3 Å². The molecule has 1 rings (SSSR count). The first-order valence-electron chi connectivity index (χ1n) is 6.30. The first-order chi connectivity index (χ1) is 10.6. The Kier molecular flexibility index (Phi) is 7.42. The van der Waals surface area contributed by atoms with E-state index in [9.17, 15) is 18.8 Å². The van der Waals surface area contributed by atoms with Crippen LogP contribution in [0.25, 0.3) is 0 Å². The largest absolute Gasteiger partial charge is 0.363 e. The number of carbonyl (C=O) groups is 1. The normalized spacial score (nSPS) is 13.7. The summed E-state index contributed by atoms with van der Waals surface area (Å²) >= 11 is 0. The number of halogens is 1. The van der Waals surface area contributed by atoms with Crippen molar-refractivity contribution in [2.24, 2.45) is 5.16 Å². The van der Waals surface area contributed by atoms with Gasteiger partial charge in [-0.2, -0.15) is 14.0 Å². The lowest BCUT2D eigenvalue weighted by atomic mass is 10.1. The van der Waals surface area contributed by atoms with Gasteiger partial charge < -0.3 is 9.57 Å². The summed E-state index contributed by atoms with van der Waals surface area (Å²) in [6.45, 7) is 1.17. The summed E-state index contributed by atoms with van der Waals surface area (Å²) in [7, 11) is -6.77. The molecule has 23 heavy (non-hydrogen) atoms. The van der Waals surface area contributed by atoms with Crippen LogP contribution in [0.3, 0.4) is 0 Å². The minimum Gasteiger partial charge on any atom is -0.363 e. The van der Waals surface area contributed by atoms with Crippen molar-refractivity contribution in [1.82, 2.24) is 0 Å². The minimum atomic E-state index is -4.52. The number of benzene rings is 1. The monoisotopic (exact) mass is 367 g/mol. The summed E-state index contributed by atoms with van der Waals surface area (Å²) in [5.41, 5.74) is 1.02. The molecule has 10 heteroatoms. The van der Waals surface area contributed by atoms with Crippen molar-refractivity contribution in [2.75, 3.05) is 25.1 Å². The maximum atomic E-state index is 10.9. The average Bonchev–Trinajstić information content (AvgIpc) is 2.40. The number of rotatable bonds is 8. The zero-order valence-electron chi connectivity index (χ0n) is 12.9. The molecular weight excluding hydrogens is 350 g/mol. The van der Waals surface area contributed by atoms with Crippen LogP contribution in [0.2, 0.25) is 0 Å². The first-order valence-corrected chi connectivity index (χ1v) is 10.1. The van der Waals surface area contributed by atoms with Gasteiger partial charge in [-0.25, -0.2) is 4.79 Å². The highest BCUT2D eigenvalue weighted by Crippen LogP contribution is 2.42. The van der Waals surface area contributed by atoms with Crippen LogP contribution < -0.4 is 14.0 Å². The van der Waals surface area contributed by atoms with Gasteiger partial charge in [0.1, 0.15) is 15.4 Å². The predicted octanol–water partition coefficient (Wildman–Crippen LogP) is -1.18. The van der Waals surface area contributed by atoms with Crippen molar-refractivity contribution in [3.05, 3.63) is 35.9 Å². The molecule has 0 fully saturated rings. The van der Waals surface area contributed by atoms with Crippen molar-refractivity contribution in [3.8, 4) is 0 Å². The van der Waals surface area contributed by atoms with Crippen LogP contribution in [0, 0.1) is 10.2 Å². The fourth-order valence-corrected chi connectivity index (χ4v) is 3.78. The van der Waals surface area contributed by atoms with Crippen LogP contribution >= 0.6 is 10.3 Å². The second-order valence-corrected chi connectivity index (χ2v) is 9.20. The molecule has 0 unspecified atom stereocenters. The van der Waals surface area contributed by atoms with E-state index in [0.717, 1.165) is 0 Å². The van der Waals surface area contributed by atoms with Gasteiger partial charge in [-0.1, -0.05) is 35.5 Å². The third kappa shape index (κ3) is 8.86. The zero-order valence-corrected chi connectivity index (χ0v) is 14.5. The Morgan fingerprint density at radius 3 is 2.35 bits per heavy atom. The summed E-state index contributed by atoms with van der Waals surface area (Å²) in [5, 5.41) is 3.72. The number of nitrogens with zero attached hydrogens (tertiary/aromatic N) is 1. The highest BCUT2D eigenvalue weighted by atomic mass is 35.7. The van der Waals surface area contributed by atoms with Gasteiger partial charge in [0.05, 0.1) is 16.9 Å². The molecule has 0 aliphatic heterocycles. The van der Waals surface area contributed by atoms with E-state index in [2.05, 4.69) is 13.7 Å². The highest BCUT2D eigenvalue weighted by Gasteiger charge is 2.32. The summed E-state index contributed by atoms with van der Waals surface area (Å²) < 4.78 is 41.7. The summed E-state index contributed by atoms with van der Waals surface area (Å²) in [5.74, 6) is -0.683. The Morgan fingerprint density at radius 1 is 1.22 bits per heavy atom. The molecule has 0 saturated heterocycles. The van der Waals surface area contributed by atoms with E-state index in [-0.39, 0.29) is 12.5 Å². The Bertz CT molecular complexity index is 545. The molecule has 1 aromatic rings. The molecular formula is C13H18ClNO7S. The number of ether oxygens (including phenoxy) is 1. The van der Waals surface area contributed by atoms with Gasteiger partial charge >= 0.3 is 5.97 Å². The summed E-state index contributed by atoms with van der Waals surface area (Å²) in [6.07, 6.45) is 2.95. The van der Waals surface area contributed by atoms with Crippen LogP contribution in [0.5, 0.6) is 0 Å². The lowest BCUT2D eigenvalue weighted by Gasteiger charge is -2.26. The maximum Gasteiger partial charge on any atom is 0.331 e. The fraction of sp³-hybridized carbons (Fsp3) is 0.385. The third-order valence-corrected chi connectivity index (χ3v) is 4.96. The zero-order chi connectivity index (χ0) is 17.5. The topological polar surface area (TPSA) is 126 Å². The molecule has 0 aromatic heterocycles. The third-order valence-electron chi connectivity index (χ3n) is 2.25. The first kappa shape index (κ1) is 19.8. The van der Waals surface area contributed by atoms with Gasteiger partial charge in [-0.15, -0.1) is 0 Å². The molecule has 0 aliphatic carbocycles. The molecule has 0 bridgehead atoms. The Labute approximate surface area is 137 Å².